The molecule has 0 spiro atoms. The molecule has 1 fully saturated rings. The second kappa shape index (κ2) is 9.90. The zero-order chi connectivity index (χ0) is 21.7. The molecule has 10 heteroatoms. The first kappa shape index (κ1) is 22.0. The third-order valence-electron chi connectivity index (χ3n) is 5.18. The molecule has 2 aliphatic rings. The molecule has 10 nitrogen and oxygen atoms in total. The molecule has 4 amide bonds. The van der Waals surface area contributed by atoms with Crippen LogP contribution in [0.15, 0.2) is 18.2 Å². The number of aliphatic hydroxyl groups excluding tert-OH is 1. The van der Waals surface area contributed by atoms with E-state index in [1.165, 1.54) is 0 Å². The van der Waals surface area contributed by atoms with Gasteiger partial charge < -0.3 is 15.6 Å². The Morgan fingerprint density at radius 3 is 2.67 bits per heavy atom. The maximum atomic E-state index is 13.1. The average Bonchev–Trinajstić information content (AvgIpc) is 2.97. The summed E-state index contributed by atoms with van der Waals surface area (Å²) >= 11 is 0. The number of aliphatic hydroxyl groups is 1. The van der Waals surface area contributed by atoms with Crippen LogP contribution in [-0.2, 0) is 20.9 Å². The number of rotatable bonds is 10. The maximum Gasteiger partial charge on any atom is 0.262 e. The number of benzene rings is 1. The van der Waals surface area contributed by atoms with E-state index in [1.54, 1.807) is 18.2 Å². The number of imide groups is 2. The Morgan fingerprint density at radius 1 is 1.17 bits per heavy atom. The van der Waals surface area contributed by atoms with E-state index in [1.807, 2.05) is 4.90 Å². The van der Waals surface area contributed by atoms with Gasteiger partial charge in [-0.15, -0.1) is 0 Å². The Bertz CT molecular complexity index is 843. The van der Waals surface area contributed by atoms with Crippen LogP contribution in [0.3, 0.4) is 0 Å². The molecule has 1 saturated heterocycles. The van der Waals surface area contributed by atoms with Gasteiger partial charge in [0.05, 0.1) is 30.9 Å². The lowest BCUT2D eigenvalue weighted by Gasteiger charge is -2.28. The summed E-state index contributed by atoms with van der Waals surface area (Å²) in [6.07, 6.45) is 0.196. The number of ether oxygens (including phenoxy) is 1. The highest BCUT2D eigenvalue weighted by atomic mass is 16.5. The molecule has 1 unspecified atom stereocenters. The number of hydrogen-bond donors (Lipinski definition) is 3. The molecule has 1 aromatic carbocycles. The van der Waals surface area contributed by atoms with Crippen LogP contribution in [-0.4, -0.2) is 84.0 Å². The predicted molar refractivity (Wildman–Crippen MR) is 105 cm³/mol. The van der Waals surface area contributed by atoms with Gasteiger partial charge in [0.1, 0.15) is 6.04 Å². The molecule has 30 heavy (non-hydrogen) atoms. The van der Waals surface area contributed by atoms with Crippen molar-refractivity contribution in [2.75, 3.05) is 39.5 Å². The second-order valence-electron chi connectivity index (χ2n) is 7.19. The van der Waals surface area contributed by atoms with Crippen LogP contribution < -0.4 is 11.1 Å². The maximum absolute atomic E-state index is 13.1. The molecule has 0 bridgehead atoms. The number of carbonyl (C=O) groups is 4. The Hall–Kier alpha value is -2.66. The lowest BCUT2D eigenvalue weighted by molar-refractivity contribution is -0.136. The molecule has 1 atom stereocenters. The summed E-state index contributed by atoms with van der Waals surface area (Å²) in [6.45, 7) is 2.46. The zero-order valence-electron chi connectivity index (χ0n) is 16.6. The van der Waals surface area contributed by atoms with E-state index in [0.717, 1.165) is 4.90 Å². The van der Waals surface area contributed by atoms with Crippen LogP contribution in [0.2, 0.25) is 0 Å². The fourth-order valence-electron chi connectivity index (χ4n) is 3.77. The van der Waals surface area contributed by atoms with Gasteiger partial charge in [0, 0.05) is 32.6 Å². The largest absolute Gasteiger partial charge is 0.394 e. The number of nitrogens with two attached hydrogens (primary N) is 1. The van der Waals surface area contributed by atoms with Crippen LogP contribution in [0.5, 0.6) is 0 Å². The van der Waals surface area contributed by atoms with E-state index in [9.17, 15) is 19.2 Å². The first-order valence-electron chi connectivity index (χ1n) is 9.92. The molecule has 4 N–H and O–H groups in total. The van der Waals surface area contributed by atoms with Gasteiger partial charge in [-0.05, 0) is 18.1 Å². The van der Waals surface area contributed by atoms with E-state index in [2.05, 4.69) is 5.32 Å². The van der Waals surface area contributed by atoms with E-state index in [4.69, 9.17) is 15.6 Å². The van der Waals surface area contributed by atoms with Gasteiger partial charge in [-0.2, -0.15) is 0 Å². The molecule has 0 saturated carbocycles. The first-order chi connectivity index (χ1) is 14.5. The molecule has 0 aromatic heterocycles. The topological polar surface area (TPSA) is 142 Å². The van der Waals surface area contributed by atoms with Gasteiger partial charge in [0.2, 0.25) is 11.8 Å². The molecule has 3 rings (SSSR count). The van der Waals surface area contributed by atoms with Gasteiger partial charge in [-0.3, -0.25) is 34.3 Å². The molecule has 0 aliphatic carbocycles. The van der Waals surface area contributed by atoms with Gasteiger partial charge >= 0.3 is 0 Å². The molecule has 162 valence electrons. The number of nitrogens with one attached hydrogen (secondary N) is 1. The van der Waals surface area contributed by atoms with E-state index < -0.39 is 29.7 Å². The summed E-state index contributed by atoms with van der Waals surface area (Å²) in [5.74, 6) is -2.09. The molecule has 1 aromatic rings. The van der Waals surface area contributed by atoms with Crippen molar-refractivity contribution in [2.24, 2.45) is 5.73 Å². The van der Waals surface area contributed by atoms with Crippen molar-refractivity contribution in [3.05, 3.63) is 34.9 Å². The van der Waals surface area contributed by atoms with Gasteiger partial charge in [0.25, 0.3) is 11.8 Å². The highest BCUT2D eigenvalue weighted by molar-refractivity contribution is 6.24. The molecular weight excluding hydrogens is 392 g/mol. The summed E-state index contributed by atoms with van der Waals surface area (Å²) in [7, 11) is 0. The molecule has 2 aliphatic heterocycles. The zero-order valence-corrected chi connectivity index (χ0v) is 16.6. The third kappa shape index (κ3) is 4.57. The van der Waals surface area contributed by atoms with Crippen molar-refractivity contribution in [3.8, 4) is 0 Å². The van der Waals surface area contributed by atoms with Gasteiger partial charge in [-0.25, -0.2) is 0 Å². The number of fused-ring (bicyclic) bond motifs is 1. The molecule has 0 radical (unpaired) electrons. The Kier molecular flexibility index (Phi) is 7.27. The van der Waals surface area contributed by atoms with Crippen molar-refractivity contribution < 1.29 is 29.0 Å². The number of nitrogens with zero attached hydrogens (tertiary/aromatic N) is 2. The standard InChI is InChI=1S/C20H26N4O6/c21-6-7-23(8-10-30-11-9-25)12-13-2-1-3-14-17(13)20(29)24(19(14)28)15-4-5-16(26)22-18(15)27/h1-3,15,25H,4-12,21H2,(H,22,26,27). The summed E-state index contributed by atoms with van der Waals surface area (Å²) in [5, 5.41) is 11.0. The number of piperidine rings is 1. The van der Waals surface area contributed by atoms with Crippen LogP contribution in [0.4, 0.5) is 0 Å². The molecule has 2 heterocycles. The Balaban J connectivity index is 1.80. The highest BCUT2D eigenvalue weighted by Gasteiger charge is 2.45. The average molecular weight is 418 g/mol. The minimum Gasteiger partial charge on any atom is -0.394 e. The normalized spacial score (nSPS) is 18.9. The number of amides is 4. The van der Waals surface area contributed by atoms with Crippen molar-refractivity contribution >= 4 is 23.6 Å². The fourth-order valence-corrected chi connectivity index (χ4v) is 3.77. The number of carbonyl (C=O) groups excluding carboxylic acids is 4. The third-order valence-corrected chi connectivity index (χ3v) is 5.18. The molecular formula is C20H26N4O6. The van der Waals surface area contributed by atoms with Crippen molar-refractivity contribution in [2.45, 2.75) is 25.4 Å². The van der Waals surface area contributed by atoms with E-state index in [0.29, 0.717) is 38.3 Å². The van der Waals surface area contributed by atoms with Crippen LogP contribution in [0.1, 0.15) is 39.1 Å². The second-order valence-corrected chi connectivity index (χ2v) is 7.19. The van der Waals surface area contributed by atoms with E-state index >= 15 is 0 Å². The Morgan fingerprint density at radius 2 is 1.97 bits per heavy atom. The fraction of sp³-hybridized carbons (Fsp3) is 0.500. The van der Waals surface area contributed by atoms with Crippen LogP contribution in [0.25, 0.3) is 0 Å². The van der Waals surface area contributed by atoms with E-state index in [-0.39, 0.29) is 37.2 Å². The van der Waals surface area contributed by atoms with Crippen LogP contribution >= 0.6 is 0 Å². The van der Waals surface area contributed by atoms with Crippen molar-refractivity contribution in [1.29, 1.82) is 0 Å². The quantitative estimate of drug-likeness (QED) is 0.320. The van der Waals surface area contributed by atoms with Gasteiger partial charge in [0.15, 0.2) is 0 Å². The Labute approximate surface area is 173 Å². The lowest BCUT2D eigenvalue weighted by atomic mass is 10.0. The minimum absolute atomic E-state index is 0.0597. The highest BCUT2D eigenvalue weighted by Crippen LogP contribution is 2.30. The first-order valence-corrected chi connectivity index (χ1v) is 9.92. The lowest BCUT2D eigenvalue weighted by Crippen LogP contribution is -2.54. The summed E-state index contributed by atoms with van der Waals surface area (Å²) < 4.78 is 5.31. The minimum atomic E-state index is -0.991. The van der Waals surface area contributed by atoms with Gasteiger partial charge in [-0.1, -0.05) is 12.1 Å². The predicted octanol–water partition coefficient (Wildman–Crippen LogP) is -1.14. The SMILES string of the molecule is NCCN(CCOCCO)Cc1cccc2c1C(=O)N(C1CCC(=O)NC1=O)C2=O. The summed E-state index contributed by atoms with van der Waals surface area (Å²) in [5.41, 5.74) is 6.90. The van der Waals surface area contributed by atoms with Crippen molar-refractivity contribution in [3.63, 3.8) is 0 Å². The monoisotopic (exact) mass is 418 g/mol. The number of hydrogen-bond acceptors (Lipinski definition) is 8. The summed E-state index contributed by atoms with van der Waals surface area (Å²) in [6, 6.07) is 4.06. The van der Waals surface area contributed by atoms with Crippen molar-refractivity contribution in [1.82, 2.24) is 15.1 Å². The smallest absolute Gasteiger partial charge is 0.262 e. The van der Waals surface area contributed by atoms with Crippen LogP contribution in [0, 0.1) is 0 Å². The summed E-state index contributed by atoms with van der Waals surface area (Å²) in [4.78, 5) is 52.6.